The van der Waals surface area contributed by atoms with Crippen LogP contribution in [0.1, 0.15) is 29.9 Å². The zero-order valence-electron chi connectivity index (χ0n) is 10.4. The normalized spacial score (nSPS) is 12.3. The molecule has 1 heterocycles. The summed E-state index contributed by atoms with van der Waals surface area (Å²) in [6, 6.07) is 7.63. The van der Waals surface area contributed by atoms with E-state index in [-0.39, 0.29) is 0 Å². The second-order valence-electron chi connectivity index (χ2n) is 4.11. The molecule has 0 aliphatic carbocycles. The van der Waals surface area contributed by atoms with Crippen LogP contribution >= 0.6 is 11.3 Å². The van der Waals surface area contributed by atoms with Gasteiger partial charge in [0.25, 0.3) is 0 Å². The maximum absolute atomic E-state index is 10.1. The van der Waals surface area contributed by atoms with E-state index in [9.17, 15) is 5.11 Å². The van der Waals surface area contributed by atoms with Gasteiger partial charge in [-0.2, -0.15) is 0 Å². The minimum atomic E-state index is -0.481. The van der Waals surface area contributed by atoms with Crippen LogP contribution in [0.25, 0.3) is 0 Å². The van der Waals surface area contributed by atoms with E-state index in [1.807, 2.05) is 24.3 Å². The fraction of sp³-hybridized carbons (Fsp3) is 0.357. The maximum atomic E-state index is 10.1. The average molecular weight is 263 g/mol. The van der Waals surface area contributed by atoms with Crippen molar-refractivity contribution in [3.63, 3.8) is 0 Å². The Kier molecular flexibility index (Phi) is 4.73. The van der Waals surface area contributed by atoms with E-state index < -0.39 is 6.10 Å². The van der Waals surface area contributed by atoms with Gasteiger partial charge in [-0.05, 0) is 24.1 Å². The summed E-state index contributed by atoms with van der Waals surface area (Å²) in [5.41, 5.74) is 2.69. The summed E-state index contributed by atoms with van der Waals surface area (Å²) < 4.78 is 5.51. The van der Waals surface area contributed by atoms with E-state index in [1.54, 1.807) is 23.0 Å². The molecule has 1 unspecified atom stereocenters. The first kappa shape index (κ1) is 13.1. The fourth-order valence-corrected chi connectivity index (χ4v) is 2.29. The number of aliphatic hydroxyl groups is 1. The quantitative estimate of drug-likeness (QED) is 0.870. The standard InChI is InChI=1S/C14H17NO2S/c1-2-7-17-12-5-3-11(4-6-12)14(16)8-13-9-15-10-18-13/h3-6,9-10,14,16H,2,7-8H2,1H3. The Bertz CT molecular complexity index is 453. The predicted molar refractivity (Wildman–Crippen MR) is 73.0 cm³/mol. The predicted octanol–water partition coefficient (Wildman–Crippen LogP) is 3.21. The molecule has 4 heteroatoms. The minimum absolute atomic E-state index is 0.481. The summed E-state index contributed by atoms with van der Waals surface area (Å²) in [5, 5.41) is 10.1. The SMILES string of the molecule is CCCOc1ccc(C(O)Cc2cncs2)cc1. The zero-order chi connectivity index (χ0) is 12.8. The van der Waals surface area contributed by atoms with Gasteiger partial charge < -0.3 is 9.84 Å². The van der Waals surface area contributed by atoms with Gasteiger partial charge in [-0.1, -0.05) is 19.1 Å². The van der Waals surface area contributed by atoms with Gasteiger partial charge in [-0.3, -0.25) is 4.98 Å². The monoisotopic (exact) mass is 263 g/mol. The van der Waals surface area contributed by atoms with Crippen molar-refractivity contribution in [1.82, 2.24) is 4.98 Å². The van der Waals surface area contributed by atoms with E-state index in [2.05, 4.69) is 11.9 Å². The molecule has 0 saturated heterocycles. The molecule has 0 fully saturated rings. The topological polar surface area (TPSA) is 42.4 Å². The summed E-state index contributed by atoms with van der Waals surface area (Å²) in [5.74, 6) is 0.852. The first-order valence-electron chi connectivity index (χ1n) is 6.07. The van der Waals surface area contributed by atoms with Gasteiger partial charge in [0.1, 0.15) is 5.75 Å². The lowest BCUT2D eigenvalue weighted by molar-refractivity contribution is 0.179. The van der Waals surface area contributed by atoms with Gasteiger partial charge in [0.2, 0.25) is 0 Å². The fourth-order valence-electron chi connectivity index (χ4n) is 1.66. The first-order chi connectivity index (χ1) is 8.79. The molecule has 0 radical (unpaired) electrons. The molecule has 3 nitrogen and oxygen atoms in total. The largest absolute Gasteiger partial charge is 0.494 e. The summed E-state index contributed by atoms with van der Waals surface area (Å²) in [6.45, 7) is 2.80. The number of aromatic nitrogens is 1. The molecular formula is C14H17NO2S. The van der Waals surface area contributed by atoms with Crippen LogP contribution in [0.5, 0.6) is 5.75 Å². The number of benzene rings is 1. The van der Waals surface area contributed by atoms with Gasteiger partial charge in [-0.25, -0.2) is 0 Å². The molecule has 1 N–H and O–H groups in total. The molecule has 1 atom stereocenters. The van der Waals surface area contributed by atoms with E-state index in [0.717, 1.165) is 29.2 Å². The van der Waals surface area contributed by atoms with Crippen LogP contribution in [0.3, 0.4) is 0 Å². The van der Waals surface area contributed by atoms with Gasteiger partial charge in [0, 0.05) is 17.5 Å². The van der Waals surface area contributed by atoms with Crippen molar-refractivity contribution in [3.05, 3.63) is 46.4 Å². The number of rotatable bonds is 6. The van der Waals surface area contributed by atoms with E-state index in [0.29, 0.717) is 6.42 Å². The van der Waals surface area contributed by atoms with Crippen molar-refractivity contribution in [2.75, 3.05) is 6.61 Å². The van der Waals surface area contributed by atoms with Crippen molar-refractivity contribution in [2.45, 2.75) is 25.9 Å². The van der Waals surface area contributed by atoms with Crippen LogP contribution in [-0.4, -0.2) is 16.7 Å². The summed E-state index contributed by atoms with van der Waals surface area (Å²) >= 11 is 1.56. The lowest BCUT2D eigenvalue weighted by Crippen LogP contribution is -2.01. The van der Waals surface area contributed by atoms with Crippen molar-refractivity contribution in [1.29, 1.82) is 0 Å². The van der Waals surface area contributed by atoms with Gasteiger partial charge in [0.15, 0.2) is 0 Å². The Balaban J connectivity index is 1.96. The molecule has 0 bridgehead atoms. The molecule has 1 aromatic carbocycles. The summed E-state index contributed by atoms with van der Waals surface area (Å²) in [4.78, 5) is 5.10. The third kappa shape index (κ3) is 3.55. The number of hydrogen-bond acceptors (Lipinski definition) is 4. The smallest absolute Gasteiger partial charge is 0.119 e. The summed E-state index contributed by atoms with van der Waals surface area (Å²) in [7, 11) is 0. The Hall–Kier alpha value is -1.39. The Morgan fingerprint density at radius 3 is 2.72 bits per heavy atom. The Morgan fingerprint density at radius 1 is 1.33 bits per heavy atom. The number of aliphatic hydroxyl groups excluding tert-OH is 1. The van der Waals surface area contributed by atoms with Gasteiger partial charge in [0.05, 0.1) is 18.2 Å². The lowest BCUT2D eigenvalue weighted by atomic mass is 10.1. The molecule has 0 spiro atoms. The van der Waals surface area contributed by atoms with Crippen LogP contribution in [0.2, 0.25) is 0 Å². The molecule has 2 aromatic rings. The highest BCUT2D eigenvalue weighted by Crippen LogP contribution is 2.22. The molecule has 0 amide bonds. The third-order valence-corrected chi connectivity index (χ3v) is 3.42. The van der Waals surface area contributed by atoms with E-state index in [4.69, 9.17) is 4.74 Å². The van der Waals surface area contributed by atoms with Crippen molar-refractivity contribution < 1.29 is 9.84 Å². The van der Waals surface area contributed by atoms with Crippen LogP contribution in [0.4, 0.5) is 0 Å². The van der Waals surface area contributed by atoms with Gasteiger partial charge >= 0.3 is 0 Å². The van der Waals surface area contributed by atoms with Crippen molar-refractivity contribution in [2.24, 2.45) is 0 Å². The zero-order valence-corrected chi connectivity index (χ0v) is 11.2. The number of hydrogen-bond donors (Lipinski definition) is 1. The highest BCUT2D eigenvalue weighted by atomic mass is 32.1. The van der Waals surface area contributed by atoms with Crippen molar-refractivity contribution >= 4 is 11.3 Å². The molecule has 2 rings (SSSR count). The van der Waals surface area contributed by atoms with Crippen LogP contribution < -0.4 is 4.74 Å². The Morgan fingerprint density at radius 2 is 2.11 bits per heavy atom. The molecule has 0 saturated carbocycles. The van der Waals surface area contributed by atoms with Crippen LogP contribution in [0, 0.1) is 0 Å². The number of nitrogens with zero attached hydrogens (tertiary/aromatic N) is 1. The second kappa shape index (κ2) is 6.52. The van der Waals surface area contributed by atoms with E-state index >= 15 is 0 Å². The maximum Gasteiger partial charge on any atom is 0.119 e. The highest BCUT2D eigenvalue weighted by Gasteiger charge is 2.09. The average Bonchev–Trinajstić information content (AvgIpc) is 2.89. The minimum Gasteiger partial charge on any atom is -0.494 e. The molecule has 96 valence electrons. The van der Waals surface area contributed by atoms with Gasteiger partial charge in [-0.15, -0.1) is 11.3 Å². The summed E-state index contributed by atoms with van der Waals surface area (Å²) in [6.07, 6.45) is 2.92. The van der Waals surface area contributed by atoms with Crippen molar-refractivity contribution in [3.8, 4) is 5.75 Å². The molecular weight excluding hydrogens is 246 g/mol. The lowest BCUT2D eigenvalue weighted by Gasteiger charge is -2.11. The molecule has 0 aliphatic heterocycles. The third-order valence-electron chi connectivity index (χ3n) is 2.62. The van der Waals surface area contributed by atoms with Crippen LogP contribution in [0.15, 0.2) is 36.0 Å². The highest BCUT2D eigenvalue weighted by molar-refractivity contribution is 7.09. The first-order valence-corrected chi connectivity index (χ1v) is 6.95. The molecule has 0 aliphatic rings. The number of thiazole rings is 1. The Labute approximate surface area is 111 Å². The second-order valence-corrected chi connectivity index (χ2v) is 5.08. The molecule has 1 aromatic heterocycles. The van der Waals surface area contributed by atoms with Crippen LogP contribution in [-0.2, 0) is 6.42 Å². The van der Waals surface area contributed by atoms with E-state index in [1.165, 1.54) is 0 Å². The molecule has 18 heavy (non-hydrogen) atoms. The number of ether oxygens (including phenoxy) is 1.